The molecular weight excluding hydrogens is 362 g/mol. The van der Waals surface area contributed by atoms with Gasteiger partial charge in [-0.3, -0.25) is 4.79 Å². The summed E-state index contributed by atoms with van der Waals surface area (Å²) in [6.07, 6.45) is 5.69. The maximum absolute atomic E-state index is 12.2. The predicted molar refractivity (Wildman–Crippen MR) is 109 cm³/mol. The van der Waals surface area contributed by atoms with Crippen LogP contribution in [0.3, 0.4) is 0 Å². The Labute approximate surface area is 164 Å². The van der Waals surface area contributed by atoms with E-state index >= 15 is 0 Å². The van der Waals surface area contributed by atoms with Gasteiger partial charge in [0.05, 0.1) is 24.4 Å². The number of anilines is 1. The lowest BCUT2D eigenvalue weighted by Crippen LogP contribution is -2.29. The van der Waals surface area contributed by atoms with Crippen molar-refractivity contribution in [3.63, 3.8) is 0 Å². The molecule has 0 aromatic heterocycles. The van der Waals surface area contributed by atoms with Crippen molar-refractivity contribution < 1.29 is 14.3 Å². The maximum atomic E-state index is 12.2. The third kappa shape index (κ3) is 4.40. The summed E-state index contributed by atoms with van der Waals surface area (Å²) in [5.41, 5.74) is 4.04. The average molecular weight is 384 g/mol. The summed E-state index contributed by atoms with van der Waals surface area (Å²) in [7, 11) is 0. The number of amides is 1. The predicted octanol–water partition coefficient (Wildman–Crippen LogP) is 5.33. The molecule has 0 radical (unpaired) electrons. The Balaban J connectivity index is 1.98. The summed E-state index contributed by atoms with van der Waals surface area (Å²) in [4.78, 5) is 26.2. The third-order valence-electron chi connectivity index (χ3n) is 4.54. The molecule has 1 amide bonds. The largest absolute Gasteiger partial charge is 0.462 e. The molecule has 3 rings (SSSR count). The van der Waals surface area contributed by atoms with Crippen molar-refractivity contribution in [1.82, 2.24) is 0 Å². The van der Waals surface area contributed by atoms with Crippen molar-refractivity contribution in [2.45, 2.75) is 33.2 Å². The lowest BCUT2D eigenvalue weighted by Gasteiger charge is -2.26. The van der Waals surface area contributed by atoms with Gasteiger partial charge in [0, 0.05) is 11.9 Å². The van der Waals surface area contributed by atoms with Gasteiger partial charge in [-0.25, -0.2) is 4.79 Å². The van der Waals surface area contributed by atoms with Crippen LogP contribution in [0.15, 0.2) is 36.4 Å². The van der Waals surface area contributed by atoms with E-state index < -0.39 is 0 Å². The van der Waals surface area contributed by atoms with E-state index in [1.807, 2.05) is 36.4 Å². The van der Waals surface area contributed by atoms with Gasteiger partial charge in [0.1, 0.15) is 0 Å². The quantitative estimate of drug-likeness (QED) is 0.529. The van der Waals surface area contributed by atoms with Gasteiger partial charge in [0.25, 0.3) is 0 Å². The fourth-order valence-electron chi connectivity index (χ4n) is 3.03. The SMILES string of the molecule is CCCCOC(=O)c1ccc2c(c1)C=Cc1cc(Cl)ccc1N(C(C)=O)C2. The first-order valence-electron chi connectivity index (χ1n) is 9.05. The Morgan fingerprint density at radius 3 is 2.63 bits per heavy atom. The van der Waals surface area contributed by atoms with E-state index in [1.54, 1.807) is 24.0 Å². The summed E-state index contributed by atoms with van der Waals surface area (Å²) in [6, 6.07) is 10.9. The molecule has 0 atom stereocenters. The molecule has 0 N–H and O–H groups in total. The van der Waals surface area contributed by atoms with Crippen molar-refractivity contribution in [2.24, 2.45) is 0 Å². The highest BCUT2D eigenvalue weighted by Crippen LogP contribution is 2.31. The van der Waals surface area contributed by atoms with Crippen LogP contribution in [0.2, 0.25) is 5.02 Å². The molecule has 140 valence electrons. The van der Waals surface area contributed by atoms with Crippen molar-refractivity contribution in [3.05, 3.63) is 63.7 Å². The Kier molecular flexibility index (Phi) is 5.97. The van der Waals surface area contributed by atoms with Gasteiger partial charge in [-0.05, 0) is 53.4 Å². The van der Waals surface area contributed by atoms with E-state index in [-0.39, 0.29) is 11.9 Å². The molecule has 0 aliphatic carbocycles. The molecule has 2 aromatic rings. The summed E-state index contributed by atoms with van der Waals surface area (Å²) < 4.78 is 5.30. The van der Waals surface area contributed by atoms with Gasteiger partial charge in [0.2, 0.25) is 5.91 Å². The first kappa shape index (κ1) is 19.2. The standard InChI is InChI=1S/C22H22ClNO3/c1-3-4-11-27-22(26)18-7-8-19-14-24(15(2)25)21-10-9-20(23)13-17(21)6-5-16(19)12-18/h5-10,12-13H,3-4,11,14H2,1-2H3. The van der Waals surface area contributed by atoms with E-state index in [1.165, 1.54) is 0 Å². The number of nitrogens with zero attached hydrogens (tertiary/aromatic N) is 1. The number of ether oxygens (including phenoxy) is 1. The van der Waals surface area contributed by atoms with Crippen molar-refractivity contribution in [3.8, 4) is 0 Å². The number of esters is 1. The number of benzene rings is 2. The van der Waals surface area contributed by atoms with Crippen LogP contribution < -0.4 is 4.90 Å². The average Bonchev–Trinajstić information content (AvgIpc) is 2.63. The Morgan fingerprint density at radius 1 is 1.11 bits per heavy atom. The zero-order valence-electron chi connectivity index (χ0n) is 15.5. The maximum Gasteiger partial charge on any atom is 0.338 e. The molecule has 0 saturated heterocycles. The van der Waals surface area contributed by atoms with Crippen LogP contribution >= 0.6 is 11.6 Å². The fraction of sp³-hybridized carbons (Fsp3) is 0.273. The molecule has 1 heterocycles. The smallest absolute Gasteiger partial charge is 0.338 e. The Hall–Kier alpha value is -2.59. The Bertz CT molecular complexity index is 904. The van der Waals surface area contributed by atoms with Crippen molar-refractivity contribution >= 4 is 41.3 Å². The van der Waals surface area contributed by atoms with Crippen LogP contribution in [0.25, 0.3) is 12.2 Å². The van der Waals surface area contributed by atoms with E-state index in [2.05, 4.69) is 6.92 Å². The molecule has 5 heteroatoms. The van der Waals surface area contributed by atoms with Gasteiger partial charge < -0.3 is 9.64 Å². The van der Waals surface area contributed by atoms with E-state index in [4.69, 9.17) is 16.3 Å². The minimum atomic E-state index is -0.325. The lowest BCUT2D eigenvalue weighted by atomic mass is 9.99. The second-order valence-electron chi connectivity index (χ2n) is 6.54. The van der Waals surface area contributed by atoms with Crippen LogP contribution in [0.5, 0.6) is 0 Å². The highest BCUT2D eigenvalue weighted by molar-refractivity contribution is 6.30. The van der Waals surface area contributed by atoms with Crippen LogP contribution in [0, 0.1) is 0 Å². The normalized spacial score (nSPS) is 12.6. The second-order valence-corrected chi connectivity index (χ2v) is 6.98. The van der Waals surface area contributed by atoms with Crippen molar-refractivity contribution in [1.29, 1.82) is 0 Å². The number of carbonyl (C=O) groups excluding carboxylic acids is 2. The molecule has 0 fully saturated rings. The summed E-state index contributed by atoms with van der Waals surface area (Å²) in [6.45, 7) is 4.44. The molecule has 2 aromatic carbocycles. The monoisotopic (exact) mass is 383 g/mol. The van der Waals surface area contributed by atoms with E-state index in [9.17, 15) is 9.59 Å². The fourth-order valence-corrected chi connectivity index (χ4v) is 3.21. The molecule has 0 saturated carbocycles. The number of carbonyl (C=O) groups is 2. The topological polar surface area (TPSA) is 46.6 Å². The van der Waals surface area contributed by atoms with Crippen LogP contribution in [0.4, 0.5) is 5.69 Å². The summed E-state index contributed by atoms with van der Waals surface area (Å²) in [5, 5.41) is 0.607. The number of unbranched alkanes of at least 4 members (excludes halogenated alkanes) is 1. The van der Waals surface area contributed by atoms with E-state index in [0.717, 1.165) is 35.2 Å². The first-order chi connectivity index (χ1) is 13.0. The molecule has 0 unspecified atom stereocenters. The second kappa shape index (κ2) is 8.40. The minimum absolute atomic E-state index is 0.0529. The molecule has 0 spiro atoms. The molecule has 4 nitrogen and oxygen atoms in total. The molecule has 0 bridgehead atoms. The van der Waals surface area contributed by atoms with Gasteiger partial charge in [-0.1, -0.05) is 43.2 Å². The molecule has 27 heavy (non-hydrogen) atoms. The van der Waals surface area contributed by atoms with Gasteiger partial charge in [0.15, 0.2) is 0 Å². The van der Waals surface area contributed by atoms with Crippen LogP contribution in [-0.2, 0) is 16.1 Å². The van der Waals surface area contributed by atoms with Gasteiger partial charge in [-0.2, -0.15) is 0 Å². The zero-order chi connectivity index (χ0) is 19.4. The number of rotatable bonds is 4. The summed E-state index contributed by atoms with van der Waals surface area (Å²) >= 11 is 6.13. The Morgan fingerprint density at radius 2 is 1.89 bits per heavy atom. The molecular formula is C22H22ClNO3. The number of halogens is 1. The highest BCUT2D eigenvalue weighted by Gasteiger charge is 2.19. The van der Waals surface area contributed by atoms with Crippen LogP contribution in [-0.4, -0.2) is 18.5 Å². The number of hydrogen-bond donors (Lipinski definition) is 0. The number of hydrogen-bond acceptors (Lipinski definition) is 3. The van der Waals surface area contributed by atoms with Gasteiger partial charge >= 0.3 is 5.97 Å². The first-order valence-corrected chi connectivity index (χ1v) is 9.43. The lowest BCUT2D eigenvalue weighted by molar-refractivity contribution is -0.116. The molecule has 1 aliphatic rings. The van der Waals surface area contributed by atoms with Gasteiger partial charge in [-0.15, -0.1) is 0 Å². The molecule has 1 aliphatic heterocycles. The third-order valence-corrected chi connectivity index (χ3v) is 4.78. The zero-order valence-corrected chi connectivity index (χ0v) is 16.3. The van der Waals surface area contributed by atoms with Crippen molar-refractivity contribution in [2.75, 3.05) is 11.5 Å². The van der Waals surface area contributed by atoms with Crippen LogP contribution in [0.1, 0.15) is 53.7 Å². The van der Waals surface area contributed by atoms with E-state index in [0.29, 0.717) is 23.7 Å². The highest BCUT2D eigenvalue weighted by atomic mass is 35.5. The summed E-state index contributed by atoms with van der Waals surface area (Å²) in [5.74, 6) is -0.378. The number of fused-ring (bicyclic) bond motifs is 2. The minimum Gasteiger partial charge on any atom is -0.462 e.